The lowest BCUT2D eigenvalue weighted by Crippen LogP contribution is -2.21. The Morgan fingerprint density at radius 1 is 1.33 bits per heavy atom. The molecular formula is C22H20N4O3S. The Kier molecular flexibility index (Phi) is 5.59. The molecule has 1 atom stereocenters. The second-order valence-electron chi connectivity index (χ2n) is 7.16. The van der Waals surface area contributed by atoms with Crippen LogP contribution >= 0.6 is 11.3 Å². The number of aromatic nitrogens is 2. The second kappa shape index (κ2) is 8.32. The van der Waals surface area contributed by atoms with Gasteiger partial charge in [-0.25, -0.2) is 9.78 Å². The van der Waals surface area contributed by atoms with E-state index in [0.29, 0.717) is 24.2 Å². The predicted octanol–water partition coefficient (Wildman–Crippen LogP) is 3.19. The molecule has 0 saturated carbocycles. The van der Waals surface area contributed by atoms with E-state index >= 15 is 0 Å². The standard InChI is InChI=1S/C22H20N4O3S/c1-12-5-19(25-7-14(12)6-23)21-26-9-15(30-21)8-24-10-20(27)16-3-4-17-18(13(16)2)11-29-22(17)28/h3-5,7,9,20,24,27H,8,10-11H2,1-2H3. The van der Waals surface area contributed by atoms with E-state index in [4.69, 9.17) is 10.00 Å². The number of rotatable bonds is 6. The zero-order chi connectivity index (χ0) is 21.3. The first-order valence-corrected chi connectivity index (χ1v) is 10.3. The molecule has 30 heavy (non-hydrogen) atoms. The highest BCUT2D eigenvalue weighted by molar-refractivity contribution is 7.14. The van der Waals surface area contributed by atoms with E-state index in [2.05, 4.69) is 21.4 Å². The number of aliphatic hydroxyl groups is 1. The van der Waals surface area contributed by atoms with Crippen molar-refractivity contribution >= 4 is 17.3 Å². The van der Waals surface area contributed by atoms with Crippen LogP contribution in [0.2, 0.25) is 0 Å². The lowest BCUT2D eigenvalue weighted by Gasteiger charge is -2.16. The van der Waals surface area contributed by atoms with Crippen LogP contribution in [0.5, 0.6) is 0 Å². The van der Waals surface area contributed by atoms with Crippen LogP contribution in [0, 0.1) is 25.2 Å². The molecule has 0 spiro atoms. The summed E-state index contributed by atoms with van der Waals surface area (Å²) in [6, 6.07) is 7.49. The number of benzene rings is 1. The van der Waals surface area contributed by atoms with Gasteiger partial charge in [-0.05, 0) is 42.7 Å². The van der Waals surface area contributed by atoms with Crippen LogP contribution in [-0.4, -0.2) is 27.6 Å². The molecule has 4 rings (SSSR count). The van der Waals surface area contributed by atoms with Crippen molar-refractivity contribution < 1.29 is 14.6 Å². The number of esters is 1. The van der Waals surface area contributed by atoms with Crippen LogP contribution in [0.15, 0.2) is 30.6 Å². The van der Waals surface area contributed by atoms with E-state index in [1.165, 1.54) is 11.3 Å². The van der Waals surface area contributed by atoms with Crippen molar-refractivity contribution in [3.05, 3.63) is 68.9 Å². The summed E-state index contributed by atoms with van der Waals surface area (Å²) < 4.78 is 5.07. The van der Waals surface area contributed by atoms with Crippen LogP contribution in [0.25, 0.3) is 10.7 Å². The Hall–Kier alpha value is -3.12. The molecule has 3 aromatic rings. The molecule has 0 bridgehead atoms. The average Bonchev–Trinajstić information content (AvgIpc) is 3.36. The molecular weight excluding hydrogens is 400 g/mol. The largest absolute Gasteiger partial charge is 0.457 e. The third kappa shape index (κ3) is 3.83. The fourth-order valence-electron chi connectivity index (χ4n) is 3.47. The molecule has 3 heterocycles. The van der Waals surface area contributed by atoms with Crippen molar-refractivity contribution in [1.82, 2.24) is 15.3 Å². The number of aliphatic hydroxyl groups excluding tert-OH is 1. The quantitative estimate of drug-likeness (QED) is 0.590. The number of hydrogen-bond donors (Lipinski definition) is 2. The van der Waals surface area contributed by atoms with Crippen LogP contribution in [0.4, 0.5) is 0 Å². The minimum atomic E-state index is -0.693. The Labute approximate surface area is 178 Å². The van der Waals surface area contributed by atoms with Gasteiger partial charge in [0.2, 0.25) is 0 Å². The molecule has 1 unspecified atom stereocenters. The molecule has 0 fully saturated rings. The van der Waals surface area contributed by atoms with Crippen molar-refractivity contribution in [2.45, 2.75) is 33.1 Å². The van der Waals surface area contributed by atoms with Gasteiger partial charge < -0.3 is 15.2 Å². The van der Waals surface area contributed by atoms with Gasteiger partial charge in [-0.3, -0.25) is 4.98 Å². The SMILES string of the molecule is Cc1cc(-c2ncc(CNCC(O)c3ccc4c(c3C)COC4=O)s2)ncc1C#N. The molecule has 2 N–H and O–H groups in total. The number of thiazole rings is 1. The van der Waals surface area contributed by atoms with Gasteiger partial charge in [0.1, 0.15) is 17.7 Å². The van der Waals surface area contributed by atoms with Gasteiger partial charge >= 0.3 is 5.97 Å². The highest BCUT2D eigenvalue weighted by Gasteiger charge is 2.25. The van der Waals surface area contributed by atoms with Gasteiger partial charge in [0.15, 0.2) is 0 Å². The number of carbonyl (C=O) groups excluding carboxylic acids is 1. The van der Waals surface area contributed by atoms with Gasteiger partial charge in [0, 0.05) is 35.9 Å². The van der Waals surface area contributed by atoms with Crippen LogP contribution in [0.3, 0.4) is 0 Å². The lowest BCUT2D eigenvalue weighted by atomic mass is 9.95. The van der Waals surface area contributed by atoms with Gasteiger partial charge in [-0.1, -0.05) is 6.07 Å². The Morgan fingerprint density at radius 2 is 2.17 bits per heavy atom. The van der Waals surface area contributed by atoms with E-state index in [-0.39, 0.29) is 12.6 Å². The number of cyclic esters (lactones) is 1. The average molecular weight is 420 g/mol. The third-order valence-electron chi connectivity index (χ3n) is 5.21. The Bertz CT molecular complexity index is 1170. The fraction of sp³-hybridized carbons (Fsp3) is 0.273. The maximum Gasteiger partial charge on any atom is 0.338 e. The number of nitrogens with one attached hydrogen (secondary N) is 1. The lowest BCUT2D eigenvalue weighted by molar-refractivity contribution is 0.0535. The van der Waals surface area contributed by atoms with E-state index in [0.717, 1.165) is 37.8 Å². The van der Waals surface area contributed by atoms with Crippen molar-refractivity contribution in [3.8, 4) is 16.8 Å². The molecule has 8 heteroatoms. The summed E-state index contributed by atoms with van der Waals surface area (Å²) in [4.78, 5) is 21.4. The summed E-state index contributed by atoms with van der Waals surface area (Å²) in [5, 5.41) is 23.7. The number of nitrogens with zero attached hydrogens (tertiary/aromatic N) is 3. The molecule has 0 saturated heterocycles. The van der Waals surface area contributed by atoms with E-state index in [1.54, 1.807) is 24.5 Å². The molecule has 2 aromatic heterocycles. The molecule has 152 valence electrons. The number of hydrogen-bond acceptors (Lipinski definition) is 8. The highest BCUT2D eigenvalue weighted by Crippen LogP contribution is 2.29. The van der Waals surface area contributed by atoms with Gasteiger partial charge in [-0.15, -0.1) is 11.3 Å². The number of nitriles is 1. The topological polar surface area (TPSA) is 108 Å². The molecule has 1 aromatic carbocycles. The molecule has 1 aliphatic rings. The summed E-state index contributed by atoms with van der Waals surface area (Å²) >= 11 is 1.52. The van der Waals surface area contributed by atoms with Gasteiger partial charge in [0.05, 0.1) is 22.9 Å². The second-order valence-corrected chi connectivity index (χ2v) is 8.27. The third-order valence-corrected chi connectivity index (χ3v) is 6.23. The predicted molar refractivity (Wildman–Crippen MR) is 112 cm³/mol. The minimum Gasteiger partial charge on any atom is -0.457 e. The first kappa shape index (κ1) is 20.2. The van der Waals surface area contributed by atoms with Crippen molar-refractivity contribution in [2.24, 2.45) is 0 Å². The molecule has 0 radical (unpaired) electrons. The van der Waals surface area contributed by atoms with E-state index < -0.39 is 6.10 Å². The zero-order valence-corrected chi connectivity index (χ0v) is 17.4. The summed E-state index contributed by atoms with van der Waals surface area (Å²) in [6.45, 7) is 4.98. The summed E-state index contributed by atoms with van der Waals surface area (Å²) in [6.07, 6.45) is 2.66. The van der Waals surface area contributed by atoms with E-state index in [9.17, 15) is 9.90 Å². The van der Waals surface area contributed by atoms with E-state index in [1.807, 2.05) is 19.9 Å². The number of pyridine rings is 1. The van der Waals surface area contributed by atoms with Crippen molar-refractivity contribution in [2.75, 3.05) is 6.54 Å². The Morgan fingerprint density at radius 3 is 2.93 bits per heavy atom. The van der Waals surface area contributed by atoms with Crippen LogP contribution in [-0.2, 0) is 17.9 Å². The maximum atomic E-state index is 11.7. The zero-order valence-electron chi connectivity index (χ0n) is 16.6. The molecule has 0 amide bonds. The highest BCUT2D eigenvalue weighted by atomic mass is 32.1. The first-order valence-electron chi connectivity index (χ1n) is 9.48. The van der Waals surface area contributed by atoms with Crippen LogP contribution < -0.4 is 5.32 Å². The molecule has 0 aliphatic carbocycles. The minimum absolute atomic E-state index is 0.264. The number of ether oxygens (including phenoxy) is 1. The van der Waals surface area contributed by atoms with Crippen molar-refractivity contribution in [3.63, 3.8) is 0 Å². The van der Waals surface area contributed by atoms with Gasteiger partial charge in [0.25, 0.3) is 0 Å². The number of aryl methyl sites for hydroxylation is 1. The smallest absolute Gasteiger partial charge is 0.338 e. The van der Waals surface area contributed by atoms with Crippen LogP contribution in [0.1, 0.15) is 49.2 Å². The fourth-order valence-corrected chi connectivity index (χ4v) is 4.32. The number of carbonyl (C=O) groups is 1. The normalized spacial score (nSPS) is 13.6. The number of fused-ring (bicyclic) bond motifs is 1. The first-order chi connectivity index (χ1) is 14.5. The molecule has 7 nitrogen and oxygen atoms in total. The van der Waals surface area contributed by atoms with Crippen molar-refractivity contribution in [1.29, 1.82) is 5.26 Å². The summed E-state index contributed by atoms with van der Waals surface area (Å²) in [7, 11) is 0. The van der Waals surface area contributed by atoms with Gasteiger partial charge in [-0.2, -0.15) is 5.26 Å². The maximum absolute atomic E-state index is 11.7. The monoisotopic (exact) mass is 420 g/mol. The summed E-state index contributed by atoms with van der Waals surface area (Å²) in [5.41, 5.74) is 5.31. The molecule has 1 aliphatic heterocycles. The Balaban J connectivity index is 1.38. The summed E-state index contributed by atoms with van der Waals surface area (Å²) in [5.74, 6) is -0.305.